The van der Waals surface area contributed by atoms with Crippen molar-refractivity contribution in [3.8, 4) is 0 Å². The first-order chi connectivity index (χ1) is 4.66. The summed E-state index contributed by atoms with van der Waals surface area (Å²) in [5.41, 5.74) is 1.09. The van der Waals surface area contributed by atoms with Crippen molar-refractivity contribution in [1.29, 1.82) is 0 Å². The highest BCUT2D eigenvalue weighted by atomic mass is 16.5. The van der Waals surface area contributed by atoms with E-state index in [9.17, 15) is 0 Å². The van der Waals surface area contributed by atoms with E-state index in [-0.39, 0.29) is 0 Å². The number of rotatable bonds is 4. The van der Waals surface area contributed by atoms with Crippen LogP contribution in [0.2, 0.25) is 0 Å². The quantitative estimate of drug-likeness (QED) is 0.545. The van der Waals surface area contributed by atoms with E-state index in [1.807, 2.05) is 13.0 Å². The lowest BCUT2D eigenvalue weighted by Crippen LogP contribution is -1.98. The van der Waals surface area contributed by atoms with Crippen molar-refractivity contribution >= 4 is 0 Å². The Morgan fingerprint density at radius 2 is 2.30 bits per heavy atom. The van der Waals surface area contributed by atoms with E-state index in [4.69, 9.17) is 4.74 Å². The van der Waals surface area contributed by atoms with Gasteiger partial charge in [0, 0.05) is 7.11 Å². The van der Waals surface area contributed by atoms with Gasteiger partial charge in [0.2, 0.25) is 0 Å². The SMILES string of the molecule is C=C(C)/C=C\C(C)COC. The van der Waals surface area contributed by atoms with Gasteiger partial charge >= 0.3 is 0 Å². The standard InChI is InChI=1S/C9H16O/c1-8(2)5-6-9(3)7-10-4/h5-6,9H,1,7H2,2-4H3/b6-5-. The molecule has 0 spiro atoms. The summed E-state index contributed by atoms with van der Waals surface area (Å²) < 4.78 is 4.95. The predicted octanol–water partition coefficient (Wildman–Crippen LogP) is 2.40. The Morgan fingerprint density at radius 1 is 1.70 bits per heavy atom. The zero-order valence-corrected chi connectivity index (χ0v) is 7.05. The maximum absolute atomic E-state index is 4.95. The topological polar surface area (TPSA) is 9.23 Å². The van der Waals surface area contributed by atoms with Crippen LogP contribution in [0.3, 0.4) is 0 Å². The lowest BCUT2D eigenvalue weighted by molar-refractivity contribution is 0.176. The molecule has 0 aromatic rings. The number of ether oxygens (including phenoxy) is 1. The Bertz CT molecular complexity index is 125. The van der Waals surface area contributed by atoms with Gasteiger partial charge in [-0.1, -0.05) is 31.2 Å². The van der Waals surface area contributed by atoms with Crippen molar-refractivity contribution in [2.75, 3.05) is 13.7 Å². The molecule has 0 fully saturated rings. The molecule has 0 aliphatic carbocycles. The average Bonchev–Trinajstić information content (AvgIpc) is 1.85. The summed E-state index contributed by atoms with van der Waals surface area (Å²) in [5, 5.41) is 0. The Labute approximate surface area is 63.4 Å². The molecule has 1 heteroatoms. The minimum atomic E-state index is 0.488. The molecule has 0 aliphatic rings. The third-order valence-corrected chi connectivity index (χ3v) is 1.14. The van der Waals surface area contributed by atoms with Gasteiger partial charge in [0.1, 0.15) is 0 Å². The second kappa shape index (κ2) is 5.24. The van der Waals surface area contributed by atoms with E-state index in [2.05, 4.69) is 19.6 Å². The van der Waals surface area contributed by atoms with Gasteiger partial charge in [0.15, 0.2) is 0 Å². The molecule has 10 heavy (non-hydrogen) atoms. The summed E-state index contributed by atoms with van der Waals surface area (Å²) in [7, 11) is 1.71. The van der Waals surface area contributed by atoms with Crippen LogP contribution in [0.4, 0.5) is 0 Å². The molecule has 0 bridgehead atoms. The van der Waals surface area contributed by atoms with E-state index in [0.29, 0.717) is 5.92 Å². The fraction of sp³-hybridized carbons (Fsp3) is 0.556. The zero-order valence-electron chi connectivity index (χ0n) is 7.05. The second-order valence-electron chi connectivity index (χ2n) is 2.64. The van der Waals surface area contributed by atoms with Crippen molar-refractivity contribution in [2.45, 2.75) is 13.8 Å². The first-order valence-corrected chi connectivity index (χ1v) is 3.49. The van der Waals surface area contributed by atoms with Crippen LogP contribution < -0.4 is 0 Å². The van der Waals surface area contributed by atoms with Gasteiger partial charge in [-0.2, -0.15) is 0 Å². The van der Waals surface area contributed by atoms with Crippen LogP contribution in [-0.4, -0.2) is 13.7 Å². The summed E-state index contributed by atoms with van der Waals surface area (Å²) in [6.45, 7) is 8.64. The lowest BCUT2D eigenvalue weighted by atomic mass is 10.1. The van der Waals surface area contributed by atoms with E-state index < -0.39 is 0 Å². The van der Waals surface area contributed by atoms with Crippen molar-refractivity contribution < 1.29 is 4.74 Å². The van der Waals surface area contributed by atoms with Gasteiger partial charge in [0.25, 0.3) is 0 Å². The highest BCUT2D eigenvalue weighted by molar-refractivity contribution is 5.11. The van der Waals surface area contributed by atoms with Crippen LogP contribution in [0, 0.1) is 5.92 Å². The molecule has 0 saturated carbocycles. The molecule has 0 rings (SSSR count). The monoisotopic (exact) mass is 140 g/mol. The van der Waals surface area contributed by atoms with Gasteiger partial charge in [-0.05, 0) is 12.8 Å². The molecule has 0 amide bonds. The number of allylic oxidation sites excluding steroid dienone is 2. The van der Waals surface area contributed by atoms with Gasteiger partial charge < -0.3 is 4.74 Å². The van der Waals surface area contributed by atoms with Crippen LogP contribution in [0.15, 0.2) is 24.3 Å². The minimum Gasteiger partial charge on any atom is -0.384 e. The zero-order chi connectivity index (χ0) is 7.98. The van der Waals surface area contributed by atoms with Crippen LogP contribution in [-0.2, 0) is 4.74 Å². The summed E-state index contributed by atoms with van der Waals surface area (Å²) >= 11 is 0. The number of methoxy groups -OCH3 is 1. The van der Waals surface area contributed by atoms with E-state index >= 15 is 0 Å². The smallest absolute Gasteiger partial charge is 0.0522 e. The average molecular weight is 140 g/mol. The van der Waals surface area contributed by atoms with Gasteiger partial charge in [-0.15, -0.1) is 0 Å². The predicted molar refractivity (Wildman–Crippen MR) is 45.0 cm³/mol. The van der Waals surface area contributed by atoms with Crippen LogP contribution in [0.1, 0.15) is 13.8 Å². The van der Waals surface area contributed by atoms with Crippen LogP contribution >= 0.6 is 0 Å². The molecular weight excluding hydrogens is 124 g/mol. The molecule has 0 N–H and O–H groups in total. The molecule has 0 heterocycles. The molecule has 1 unspecified atom stereocenters. The fourth-order valence-corrected chi connectivity index (χ4v) is 0.647. The van der Waals surface area contributed by atoms with Crippen molar-refractivity contribution in [3.63, 3.8) is 0 Å². The Hall–Kier alpha value is -0.560. The minimum absolute atomic E-state index is 0.488. The number of hydrogen-bond donors (Lipinski definition) is 0. The lowest BCUT2D eigenvalue weighted by Gasteiger charge is -2.02. The Balaban J connectivity index is 3.55. The highest BCUT2D eigenvalue weighted by Gasteiger charge is 1.92. The molecule has 0 aromatic heterocycles. The maximum atomic E-state index is 4.95. The molecule has 0 aliphatic heterocycles. The highest BCUT2D eigenvalue weighted by Crippen LogP contribution is 1.99. The van der Waals surface area contributed by atoms with Crippen LogP contribution in [0.5, 0.6) is 0 Å². The summed E-state index contributed by atoms with van der Waals surface area (Å²) in [4.78, 5) is 0. The molecule has 1 atom stereocenters. The Kier molecular flexibility index (Phi) is 4.95. The normalized spacial score (nSPS) is 13.9. The number of hydrogen-bond acceptors (Lipinski definition) is 1. The first kappa shape index (κ1) is 9.44. The molecule has 0 aromatic carbocycles. The van der Waals surface area contributed by atoms with Crippen molar-refractivity contribution in [3.05, 3.63) is 24.3 Å². The fourth-order valence-electron chi connectivity index (χ4n) is 0.647. The van der Waals surface area contributed by atoms with E-state index in [0.717, 1.165) is 12.2 Å². The maximum Gasteiger partial charge on any atom is 0.0522 e. The van der Waals surface area contributed by atoms with Gasteiger partial charge in [0.05, 0.1) is 6.61 Å². The Morgan fingerprint density at radius 3 is 2.70 bits per heavy atom. The van der Waals surface area contributed by atoms with E-state index in [1.165, 1.54) is 0 Å². The van der Waals surface area contributed by atoms with Gasteiger partial charge in [-0.25, -0.2) is 0 Å². The third kappa shape index (κ3) is 5.57. The van der Waals surface area contributed by atoms with E-state index in [1.54, 1.807) is 7.11 Å². The molecule has 58 valence electrons. The molecular formula is C9H16O. The molecule has 0 saturated heterocycles. The first-order valence-electron chi connectivity index (χ1n) is 3.49. The molecule has 1 nitrogen and oxygen atoms in total. The largest absolute Gasteiger partial charge is 0.384 e. The second-order valence-corrected chi connectivity index (χ2v) is 2.64. The van der Waals surface area contributed by atoms with Crippen LogP contribution in [0.25, 0.3) is 0 Å². The third-order valence-electron chi connectivity index (χ3n) is 1.14. The van der Waals surface area contributed by atoms with Crippen molar-refractivity contribution in [2.24, 2.45) is 5.92 Å². The summed E-state index contributed by atoms with van der Waals surface area (Å²) in [6, 6.07) is 0. The van der Waals surface area contributed by atoms with Crippen molar-refractivity contribution in [1.82, 2.24) is 0 Å². The molecule has 0 radical (unpaired) electrons. The van der Waals surface area contributed by atoms with Gasteiger partial charge in [-0.3, -0.25) is 0 Å². The summed E-state index contributed by atoms with van der Waals surface area (Å²) in [6.07, 6.45) is 4.12. The summed E-state index contributed by atoms with van der Waals surface area (Å²) in [5.74, 6) is 0.488.